The lowest BCUT2D eigenvalue weighted by molar-refractivity contribution is 0.0600. The van der Waals surface area contributed by atoms with Gasteiger partial charge in [0.1, 0.15) is 5.75 Å². The van der Waals surface area contributed by atoms with Gasteiger partial charge in [0.15, 0.2) is 8.32 Å². The van der Waals surface area contributed by atoms with Gasteiger partial charge in [0.2, 0.25) is 0 Å². The molecule has 0 radical (unpaired) electrons. The highest BCUT2D eigenvalue weighted by molar-refractivity contribution is 6.74. The first kappa shape index (κ1) is 21.3. The van der Waals surface area contributed by atoms with Crippen LogP contribution in [0.2, 0.25) is 18.1 Å². The molecule has 1 rings (SSSR count). The van der Waals surface area contributed by atoms with Crippen LogP contribution >= 0.6 is 0 Å². The molecule has 5 heteroatoms. The topological polar surface area (TPSA) is 44.8 Å². The number of esters is 1. The number of methoxy groups -OCH3 is 1. The van der Waals surface area contributed by atoms with E-state index in [4.69, 9.17) is 9.16 Å². The van der Waals surface area contributed by atoms with Crippen LogP contribution in [0.5, 0.6) is 5.75 Å². The second-order valence-electron chi connectivity index (χ2n) is 7.33. The molecule has 0 unspecified atom stereocenters. The number of carbonyl (C=O) groups is 1. The zero-order chi connectivity index (χ0) is 18.9. The summed E-state index contributed by atoms with van der Waals surface area (Å²) in [5.74, 6) is 6.61. The SMILES string of the molecule is COC(=O)c1ccc(OCCC#CCCO[Si](C)(C)C(C)(C)C)cc1. The lowest BCUT2D eigenvalue weighted by Crippen LogP contribution is -2.40. The van der Waals surface area contributed by atoms with Crippen molar-refractivity contribution in [3.63, 3.8) is 0 Å². The summed E-state index contributed by atoms with van der Waals surface area (Å²) in [6.07, 6.45) is 1.42. The summed E-state index contributed by atoms with van der Waals surface area (Å²) in [6.45, 7) is 12.4. The summed E-state index contributed by atoms with van der Waals surface area (Å²) >= 11 is 0. The average molecular weight is 363 g/mol. The summed E-state index contributed by atoms with van der Waals surface area (Å²) < 4.78 is 16.3. The van der Waals surface area contributed by atoms with E-state index in [0.29, 0.717) is 25.2 Å². The van der Waals surface area contributed by atoms with E-state index in [0.717, 1.165) is 12.2 Å². The zero-order valence-corrected chi connectivity index (χ0v) is 17.3. The number of hydrogen-bond acceptors (Lipinski definition) is 4. The second kappa shape index (κ2) is 9.64. The molecule has 0 saturated heterocycles. The quantitative estimate of drug-likeness (QED) is 0.306. The smallest absolute Gasteiger partial charge is 0.337 e. The summed E-state index contributed by atoms with van der Waals surface area (Å²) in [5.41, 5.74) is 0.511. The molecule has 0 spiro atoms. The normalized spacial score (nSPS) is 11.4. The van der Waals surface area contributed by atoms with E-state index in [2.05, 4.69) is 50.4 Å². The molecule has 0 atom stereocenters. The Labute approximate surface area is 153 Å². The van der Waals surface area contributed by atoms with Crippen molar-refractivity contribution in [1.29, 1.82) is 0 Å². The van der Waals surface area contributed by atoms with E-state index in [1.807, 2.05) is 0 Å². The highest BCUT2D eigenvalue weighted by Crippen LogP contribution is 2.36. The van der Waals surface area contributed by atoms with Crippen LogP contribution in [0.3, 0.4) is 0 Å². The van der Waals surface area contributed by atoms with Gasteiger partial charge in [0.05, 0.1) is 19.3 Å². The van der Waals surface area contributed by atoms with Gasteiger partial charge in [0, 0.05) is 19.4 Å². The predicted molar refractivity (Wildman–Crippen MR) is 103 cm³/mol. The van der Waals surface area contributed by atoms with Crippen LogP contribution in [0.15, 0.2) is 24.3 Å². The standard InChI is InChI=1S/C20H30O4Si/c1-20(2,3)25(5,6)24-16-10-8-7-9-15-23-18-13-11-17(12-14-18)19(21)22-4/h11-14H,9-10,15-16H2,1-6H3. The van der Waals surface area contributed by atoms with E-state index in [1.165, 1.54) is 7.11 Å². The Morgan fingerprint density at radius 2 is 1.60 bits per heavy atom. The monoisotopic (exact) mass is 362 g/mol. The van der Waals surface area contributed by atoms with Gasteiger partial charge < -0.3 is 13.9 Å². The fraction of sp³-hybridized carbons (Fsp3) is 0.550. The van der Waals surface area contributed by atoms with Crippen LogP contribution in [0.1, 0.15) is 44.0 Å². The lowest BCUT2D eigenvalue weighted by atomic mass is 10.2. The molecule has 4 nitrogen and oxygen atoms in total. The Kier molecular flexibility index (Phi) is 8.20. The molecule has 0 aliphatic heterocycles. The largest absolute Gasteiger partial charge is 0.493 e. The predicted octanol–water partition coefficient (Wildman–Crippen LogP) is 4.66. The molecule has 0 amide bonds. The van der Waals surface area contributed by atoms with Gasteiger partial charge in [-0.2, -0.15) is 0 Å². The highest BCUT2D eigenvalue weighted by Gasteiger charge is 2.36. The molecule has 0 saturated carbocycles. The minimum absolute atomic E-state index is 0.234. The third-order valence-electron chi connectivity index (χ3n) is 4.39. The Bertz CT molecular complexity index is 603. The molecule has 0 fully saturated rings. The van der Waals surface area contributed by atoms with Gasteiger partial charge in [-0.25, -0.2) is 4.79 Å². The summed E-state index contributed by atoms with van der Waals surface area (Å²) in [4.78, 5) is 11.3. The molecular formula is C20H30O4Si. The lowest BCUT2D eigenvalue weighted by Gasteiger charge is -2.35. The first-order valence-corrected chi connectivity index (χ1v) is 11.5. The van der Waals surface area contributed by atoms with Crippen LogP contribution < -0.4 is 4.74 Å². The van der Waals surface area contributed by atoms with Crippen molar-refractivity contribution in [1.82, 2.24) is 0 Å². The molecular weight excluding hydrogens is 332 g/mol. The van der Waals surface area contributed by atoms with Gasteiger partial charge in [0.25, 0.3) is 0 Å². The first-order chi connectivity index (χ1) is 11.7. The van der Waals surface area contributed by atoms with E-state index in [-0.39, 0.29) is 11.0 Å². The number of rotatable bonds is 7. The van der Waals surface area contributed by atoms with Crippen molar-refractivity contribution in [2.45, 2.75) is 51.7 Å². The summed E-state index contributed by atoms with van der Waals surface area (Å²) in [5, 5.41) is 0.234. The third-order valence-corrected chi connectivity index (χ3v) is 8.93. The molecule has 0 aliphatic carbocycles. The fourth-order valence-electron chi connectivity index (χ4n) is 1.78. The molecule has 0 aliphatic rings. The maximum atomic E-state index is 11.3. The molecule has 138 valence electrons. The van der Waals surface area contributed by atoms with Crippen molar-refractivity contribution in [3.05, 3.63) is 29.8 Å². The molecule has 1 aromatic rings. The van der Waals surface area contributed by atoms with E-state index in [9.17, 15) is 4.79 Å². The van der Waals surface area contributed by atoms with Crippen molar-refractivity contribution in [2.75, 3.05) is 20.3 Å². The zero-order valence-electron chi connectivity index (χ0n) is 16.3. The number of carbonyl (C=O) groups excluding carboxylic acids is 1. The van der Waals surface area contributed by atoms with E-state index in [1.54, 1.807) is 24.3 Å². The third kappa shape index (κ3) is 7.33. The molecule has 25 heavy (non-hydrogen) atoms. The Morgan fingerprint density at radius 3 is 2.12 bits per heavy atom. The number of ether oxygens (including phenoxy) is 2. The van der Waals surface area contributed by atoms with Crippen LogP contribution in [-0.4, -0.2) is 34.6 Å². The van der Waals surface area contributed by atoms with Gasteiger partial charge in [-0.05, 0) is 42.4 Å². The number of hydrogen-bond donors (Lipinski definition) is 0. The number of benzene rings is 1. The van der Waals surface area contributed by atoms with Crippen molar-refractivity contribution in [2.24, 2.45) is 0 Å². The van der Waals surface area contributed by atoms with Crippen molar-refractivity contribution >= 4 is 14.3 Å². The average Bonchev–Trinajstić information content (AvgIpc) is 2.56. The molecule has 0 heterocycles. The summed E-state index contributed by atoms with van der Waals surface area (Å²) in [7, 11) is -0.302. The Balaban J connectivity index is 2.24. The molecule has 1 aromatic carbocycles. The Hall–Kier alpha value is -1.77. The Morgan fingerprint density at radius 1 is 1.04 bits per heavy atom. The van der Waals surface area contributed by atoms with Crippen LogP contribution in [0, 0.1) is 11.8 Å². The van der Waals surface area contributed by atoms with Gasteiger partial charge in [-0.15, -0.1) is 5.92 Å². The first-order valence-electron chi connectivity index (χ1n) is 8.58. The molecule has 0 N–H and O–H groups in total. The van der Waals surface area contributed by atoms with Crippen LogP contribution in [0.25, 0.3) is 0 Å². The minimum Gasteiger partial charge on any atom is -0.493 e. The fourth-order valence-corrected chi connectivity index (χ4v) is 2.82. The summed E-state index contributed by atoms with van der Waals surface area (Å²) in [6, 6.07) is 6.88. The second-order valence-corrected chi connectivity index (χ2v) is 12.1. The maximum Gasteiger partial charge on any atom is 0.337 e. The van der Waals surface area contributed by atoms with E-state index >= 15 is 0 Å². The minimum atomic E-state index is -1.67. The van der Waals surface area contributed by atoms with Crippen LogP contribution in [-0.2, 0) is 9.16 Å². The van der Waals surface area contributed by atoms with Gasteiger partial charge in [-0.3, -0.25) is 0 Å². The van der Waals surface area contributed by atoms with Gasteiger partial charge >= 0.3 is 5.97 Å². The van der Waals surface area contributed by atoms with E-state index < -0.39 is 8.32 Å². The van der Waals surface area contributed by atoms with Crippen LogP contribution in [0.4, 0.5) is 0 Å². The van der Waals surface area contributed by atoms with Crippen molar-refractivity contribution < 1.29 is 18.7 Å². The maximum absolute atomic E-state index is 11.3. The van der Waals surface area contributed by atoms with Gasteiger partial charge in [-0.1, -0.05) is 26.7 Å². The molecule has 0 aromatic heterocycles. The molecule has 0 bridgehead atoms. The van der Waals surface area contributed by atoms with Crippen molar-refractivity contribution in [3.8, 4) is 17.6 Å². The highest BCUT2D eigenvalue weighted by atomic mass is 28.4.